The van der Waals surface area contributed by atoms with E-state index in [0.29, 0.717) is 0 Å². The fraction of sp³-hybridized carbons (Fsp3) is 0. The average molecular weight is 726 g/mol. The van der Waals surface area contributed by atoms with Gasteiger partial charge in [0.05, 0.1) is 69.0 Å². The molecule has 0 fully saturated rings. The molecule has 0 aliphatic carbocycles. The Labute approximate surface area is 292 Å². The van der Waals surface area contributed by atoms with Gasteiger partial charge >= 0.3 is 0 Å². The van der Waals surface area contributed by atoms with Crippen LogP contribution in [0.5, 0.6) is 0 Å². The van der Waals surface area contributed by atoms with Crippen LogP contribution >= 0.6 is 0 Å². The molecule has 16 bridgehead atoms. The number of aromatic nitrogens is 10. The normalized spacial score (nSPS) is 12.4. The number of aromatic amines is 4. The molecule has 10 heterocycles. The number of nitrogens with one attached hydrogen (secondary N) is 4. The van der Waals surface area contributed by atoms with Gasteiger partial charge in [-0.05, 0) is 109 Å². The second-order valence-electron chi connectivity index (χ2n) is 11.5. The van der Waals surface area contributed by atoms with Crippen molar-refractivity contribution in [3.63, 3.8) is 0 Å². The van der Waals surface area contributed by atoms with Gasteiger partial charge in [0.15, 0.2) is 0 Å². The van der Waals surface area contributed by atoms with Crippen molar-refractivity contribution in [3.8, 4) is 0 Å². The van der Waals surface area contributed by atoms with Crippen molar-refractivity contribution in [2.24, 2.45) is 0 Å². The predicted molar refractivity (Wildman–Crippen MR) is 193 cm³/mol. The number of nitrogens with zero attached hydrogens (tertiary/aromatic N) is 6. The largest absolute Gasteiger partial charge is 0.355 e. The summed E-state index contributed by atoms with van der Waals surface area (Å²) in [6, 6.07) is 24.1. The van der Waals surface area contributed by atoms with Crippen LogP contribution in [0, 0.1) is 0 Å². The first kappa shape index (κ1) is 30.0. The molecular weight excluding hydrogens is 699 g/mol. The molecule has 0 amide bonds. The van der Waals surface area contributed by atoms with E-state index in [2.05, 4.69) is 49.8 Å². The Kier molecular flexibility index (Phi) is 7.79. The summed E-state index contributed by atoms with van der Waals surface area (Å²) in [6.07, 6.45) is 19.5. The number of fused-ring (bicyclic) bond motifs is 16. The molecule has 6 aromatic rings. The first-order valence-electron chi connectivity index (χ1n) is 15.4. The van der Waals surface area contributed by atoms with Crippen LogP contribution in [-0.2, 0) is 19.5 Å². The van der Waals surface area contributed by atoms with Crippen molar-refractivity contribution >= 4 is 93.0 Å². The molecular formula is C38H26N10Rh. The molecule has 4 aliphatic rings. The Morgan fingerprint density at radius 1 is 0.306 bits per heavy atom. The number of H-pyrrole nitrogens is 4. The first-order chi connectivity index (χ1) is 23.6. The van der Waals surface area contributed by atoms with Gasteiger partial charge in [-0.15, -0.1) is 0 Å². The fourth-order valence-electron chi connectivity index (χ4n) is 5.65. The van der Waals surface area contributed by atoms with Gasteiger partial charge in [-0.1, -0.05) is 0 Å². The van der Waals surface area contributed by atoms with E-state index in [1.54, 1.807) is 12.4 Å². The van der Waals surface area contributed by atoms with Gasteiger partial charge in [-0.3, -0.25) is 0 Å². The monoisotopic (exact) mass is 725 g/mol. The number of imidazole rings is 2. The van der Waals surface area contributed by atoms with Crippen LogP contribution < -0.4 is 0 Å². The Hall–Kier alpha value is -6.32. The smallest absolute Gasteiger partial charge is 0.132 e. The first-order valence-corrected chi connectivity index (χ1v) is 15.4. The van der Waals surface area contributed by atoms with Gasteiger partial charge in [-0.2, -0.15) is 0 Å². The quantitative estimate of drug-likeness (QED) is 0.117. The number of hydrogen-bond donors (Lipinski definition) is 4. The van der Waals surface area contributed by atoms with Gasteiger partial charge in [0.25, 0.3) is 0 Å². The molecule has 0 spiro atoms. The van der Waals surface area contributed by atoms with Gasteiger partial charge in [0, 0.05) is 53.7 Å². The summed E-state index contributed by atoms with van der Waals surface area (Å²) >= 11 is 0. The summed E-state index contributed by atoms with van der Waals surface area (Å²) in [5.74, 6) is 0. The SMILES string of the molecule is C1=Cc2cc3cnc(cc4nc(cc5ccc(cc1n2)[nH]5)C=C4)[nH]3.C1=Cc2cc3cnc(cc4nc(cc5ccc(cc1n2)[nH]5)C=C4)[nH]3.[Rh]. The predicted octanol–water partition coefficient (Wildman–Crippen LogP) is 8.10. The minimum atomic E-state index is 0. The molecule has 10 nitrogen and oxygen atoms in total. The Morgan fingerprint density at radius 2 is 0.571 bits per heavy atom. The van der Waals surface area contributed by atoms with Crippen LogP contribution in [0.15, 0.2) is 85.2 Å². The van der Waals surface area contributed by atoms with E-state index in [0.717, 1.165) is 89.9 Å². The third kappa shape index (κ3) is 6.88. The van der Waals surface area contributed by atoms with Crippen molar-refractivity contribution in [3.05, 3.63) is 131 Å². The summed E-state index contributed by atoms with van der Waals surface area (Å²) in [5.41, 5.74) is 14.6. The van der Waals surface area contributed by atoms with Crippen LogP contribution in [0.2, 0.25) is 0 Å². The number of hydrogen-bond acceptors (Lipinski definition) is 6. The molecule has 0 atom stereocenters. The zero-order chi connectivity index (χ0) is 31.9. The second-order valence-corrected chi connectivity index (χ2v) is 11.5. The van der Waals surface area contributed by atoms with Gasteiger partial charge in [0.2, 0.25) is 0 Å². The van der Waals surface area contributed by atoms with Crippen molar-refractivity contribution in [2.75, 3.05) is 0 Å². The van der Waals surface area contributed by atoms with Crippen molar-refractivity contribution in [1.82, 2.24) is 49.8 Å². The Balaban J connectivity index is 0.000000139. The second kappa shape index (κ2) is 12.7. The summed E-state index contributed by atoms with van der Waals surface area (Å²) in [6.45, 7) is 0. The van der Waals surface area contributed by atoms with Crippen molar-refractivity contribution in [2.45, 2.75) is 0 Å². The third-order valence-corrected chi connectivity index (χ3v) is 7.81. The maximum Gasteiger partial charge on any atom is 0.132 e. The summed E-state index contributed by atoms with van der Waals surface area (Å²) < 4.78 is 0. The molecule has 4 N–H and O–H groups in total. The molecule has 6 aromatic heterocycles. The number of rotatable bonds is 0. The van der Waals surface area contributed by atoms with Crippen molar-refractivity contribution in [1.29, 1.82) is 0 Å². The van der Waals surface area contributed by atoms with Crippen LogP contribution in [0.3, 0.4) is 0 Å². The van der Waals surface area contributed by atoms with Crippen LogP contribution in [0.4, 0.5) is 0 Å². The maximum absolute atomic E-state index is 4.61. The van der Waals surface area contributed by atoms with E-state index in [4.69, 9.17) is 0 Å². The van der Waals surface area contributed by atoms with Crippen molar-refractivity contribution < 1.29 is 19.5 Å². The van der Waals surface area contributed by atoms with Gasteiger partial charge in [-0.25, -0.2) is 29.9 Å². The van der Waals surface area contributed by atoms with E-state index >= 15 is 0 Å². The minimum Gasteiger partial charge on any atom is -0.355 e. The van der Waals surface area contributed by atoms with Gasteiger partial charge < -0.3 is 19.9 Å². The summed E-state index contributed by atoms with van der Waals surface area (Å²) in [4.78, 5) is 40.4. The molecule has 11 heteroatoms. The molecule has 0 aromatic carbocycles. The average Bonchev–Trinajstić information content (AvgIpc) is 3.91. The van der Waals surface area contributed by atoms with Crippen LogP contribution in [0.1, 0.15) is 45.6 Å². The molecule has 4 aliphatic heterocycles. The zero-order valence-electron chi connectivity index (χ0n) is 25.7. The van der Waals surface area contributed by atoms with E-state index in [-0.39, 0.29) is 19.5 Å². The molecule has 0 saturated heterocycles. The molecule has 0 saturated carbocycles. The molecule has 0 unspecified atom stereocenters. The van der Waals surface area contributed by atoms with Gasteiger partial charge in [0.1, 0.15) is 11.3 Å². The third-order valence-electron chi connectivity index (χ3n) is 7.81. The molecule has 237 valence electrons. The van der Waals surface area contributed by atoms with E-state index < -0.39 is 0 Å². The van der Waals surface area contributed by atoms with E-state index in [1.807, 2.05) is 121 Å². The molecule has 1 radical (unpaired) electrons. The van der Waals surface area contributed by atoms with E-state index in [9.17, 15) is 0 Å². The maximum atomic E-state index is 4.61. The Bertz CT molecular complexity index is 2170. The van der Waals surface area contributed by atoms with Crippen LogP contribution in [0.25, 0.3) is 93.0 Å². The van der Waals surface area contributed by atoms with E-state index in [1.165, 1.54) is 0 Å². The van der Waals surface area contributed by atoms with Crippen LogP contribution in [-0.4, -0.2) is 49.8 Å². The Morgan fingerprint density at radius 3 is 0.878 bits per heavy atom. The molecule has 49 heavy (non-hydrogen) atoms. The molecule has 10 rings (SSSR count). The summed E-state index contributed by atoms with van der Waals surface area (Å²) in [5, 5.41) is 0. The minimum absolute atomic E-state index is 0. The summed E-state index contributed by atoms with van der Waals surface area (Å²) in [7, 11) is 0. The standard InChI is InChI=1S/2C19H13N5.Rh/c2*1-2-13-8-15-5-6-17(23-15)10-19-20-11-18(24-19)9-16-4-3-14(22-16)7-12(1)21-13;/h2*1-11,21H,(H,20,24);. The fourth-order valence-corrected chi connectivity index (χ4v) is 5.65. The topological polar surface area (TPSA) is 140 Å². The zero-order valence-corrected chi connectivity index (χ0v) is 27.4.